The number of carbonyl (C=O) groups is 4. The summed E-state index contributed by atoms with van der Waals surface area (Å²) in [6.45, 7) is 15.0. The molecule has 322 valence electrons. The van der Waals surface area contributed by atoms with Crippen LogP contribution in [0, 0.1) is 17.8 Å². The van der Waals surface area contributed by atoms with Crippen LogP contribution in [0.15, 0.2) is 24.5 Å². The van der Waals surface area contributed by atoms with Crippen LogP contribution in [0.25, 0.3) is 11.0 Å². The lowest BCUT2D eigenvalue weighted by Gasteiger charge is -2.46. The average molecular weight is 926 g/mol. The quantitative estimate of drug-likeness (QED) is 0.0998. The molecule has 0 saturated carbocycles. The molecule has 16 nitrogen and oxygen atoms in total. The summed E-state index contributed by atoms with van der Waals surface area (Å²) in [6, 6.07) is 2.65. The maximum atomic E-state index is 14.3. The van der Waals surface area contributed by atoms with Crippen LogP contribution in [0.3, 0.4) is 0 Å². The molecular formula is C41H60IN5O11. The van der Waals surface area contributed by atoms with E-state index in [0.29, 0.717) is 42.7 Å². The molecule has 0 aromatic carbocycles. The number of ketones is 2. The smallest absolute Gasteiger partial charge is 0.411 e. The third kappa shape index (κ3) is 9.29. The molecule has 0 spiro atoms. The number of hydrogen-bond acceptors (Lipinski definition) is 15. The van der Waals surface area contributed by atoms with Crippen LogP contribution in [0.1, 0.15) is 73.8 Å². The summed E-state index contributed by atoms with van der Waals surface area (Å²) >= 11 is 1.93. The second-order valence-corrected chi connectivity index (χ2v) is 18.1. The largest absolute Gasteiger partial charge is 0.506 e. The zero-order valence-corrected chi connectivity index (χ0v) is 37.5. The number of likely N-dealkylation sites (tertiary alicyclic amines) is 1. The lowest BCUT2D eigenvalue weighted by atomic mass is 9.78. The Balaban J connectivity index is 1.26. The van der Waals surface area contributed by atoms with Gasteiger partial charge in [-0.1, -0.05) is 13.8 Å². The number of carbonyl (C=O) groups excluding carboxylic acids is 4. The topological polar surface area (TPSA) is 190 Å². The number of methoxy groups -OCH3 is 1. The lowest BCUT2D eigenvalue weighted by Crippen LogP contribution is -2.62. The van der Waals surface area contributed by atoms with Gasteiger partial charge in [0.25, 0.3) is 0 Å². The van der Waals surface area contributed by atoms with Crippen LogP contribution in [-0.2, 0) is 44.6 Å². The summed E-state index contributed by atoms with van der Waals surface area (Å²) in [7, 11) is 5.19. The Hall–Kier alpha value is -3.07. The highest BCUT2D eigenvalue weighted by Gasteiger charge is 2.58. The number of aromatic nitrogens is 2. The van der Waals surface area contributed by atoms with Crippen molar-refractivity contribution in [2.24, 2.45) is 17.8 Å². The minimum Gasteiger partial charge on any atom is -0.506 e. The Labute approximate surface area is 354 Å². The molecule has 0 unspecified atom stereocenters. The van der Waals surface area contributed by atoms with Gasteiger partial charge in [0.2, 0.25) is 0 Å². The molecule has 0 bridgehead atoms. The van der Waals surface area contributed by atoms with Crippen LogP contribution in [0.5, 0.6) is 5.75 Å². The fraction of sp³-hybridized carbons (Fsp3) is 0.707. The number of likely N-dealkylation sites (N-methyl/N-ethyl adjacent to an activating group) is 1. The van der Waals surface area contributed by atoms with Crippen LogP contribution in [-0.4, -0.2) is 151 Å². The van der Waals surface area contributed by atoms with Crippen LogP contribution >= 0.6 is 22.6 Å². The van der Waals surface area contributed by atoms with Gasteiger partial charge in [0.1, 0.15) is 23.6 Å². The van der Waals surface area contributed by atoms with E-state index in [9.17, 15) is 29.4 Å². The van der Waals surface area contributed by atoms with E-state index >= 15 is 0 Å². The van der Waals surface area contributed by atoms with Gasteiger partial charge in [-0.3, -0.25) is 34.2 Å². The summed E-state index contributed by atoms with van der Waals surface area (Å²) in [5.41, 5.74) is -0.505. The Morgan fingerprint density at radius 1 is 1.17 bits per heavy atom. The van der Waals surface area contributed by atoms with E-state index in [1.165, 1.54) is 27.2 Å². The van der Waals surface area contributed by atoms with E-state index < -0.39 is 75.5 Å². The lowest BCUT2D eigenvalue weighted by molar-refractivity contribution is -0.295. The summed E-state index contributed by atoms with van der Waals surface area (Å²) in [6.07, 6.45) is -0.204. The third-order valence-electron chi connectivity index (χ3n) is 12.6. The van der Waals surface area contributed by atoms with E-state index in [4.69, 9.17) is 23.7 Å². The Bertz CT molecular complexity index is 1830. The second kappa shape index (κ2) is 18.3. The third-order valence-corrected chi connectivity index (χ3v) is 14.1. The van der Waals surface area contributed by atoms with Crippen molar-refractivity contribution in [3.05, 3.63) is 30.1 Å². The number of esters is 1. The molecule has 0 aliphatic carbocycles. The Morgan fingerprint density at radius 3 is 2.47 bits per heavy atom. The first-order chi connectivity index (χ1) is 27.1. The number of aliphatic hydroxyl groups excluding tert-OH is 1. The molecule has 58 heavy (non-hydrogen) atoms. The molecule has 3 saturated heterocycles. The summed E-state index contributed by atoms with van der Waals surface area (Å²) in [5, 5.41) is 21.9. The van der Waals surface area contributed by atoms with Crippen molar-refractivity contribution in [1.29, 1.82) is 0 Å². The van der Waals surface area contributed by atoms with Gasteiger partial charge in [-0.05, 0) is 103 Å². The monoisotopic (exact) mass is 925 g/mol. The van der Waals surface area contributed by atoms with Gasteiger partial charge in [-0.15, -0.1) is 0 Å². The Morgan fingerprint density at radius 2 is 1.84 bits per heavy atom. The number of alkyl halides is 1. The number of amides is 1. The first kappa shape index (κ1) is 46.0. The number of halogens is 1. The van der Waals surface area contributed by atoms with Gasteiger partial charge in [-0.25, -0.2) is 4.79 Å². The minimum absolute atomic E-state index is 0.0519. The van der Waals surface area contributed by atoms with E-state index in [2.05, 4.69) is 14.9 Å². The summed E-state index contributed by atoms with van der Waals surface area (Å²) in [4.78, 5) is 68.2. The molecular weight excluding hydrogens is 865 g/mol. The van der Waals surface area contributed by atoms with Crippen molar-refractivity contribution in [3.8, 4) is 5.75 Å². The molecule has 5 rings (SSSR count). The summed E-state index contributed by atoms with van der Waals surface area (Å²) < 4.78 is 29.5. The van der Waals surface area contributed by atoms with Crippen molar-refractivity contribution in [3.63, 3.8) is 0 Å². The zero-order valence-electron chi connectivity index (χ0n) is 35.4. The number of aliphatic hydroxyl groups is 1. The van der Waals surface area contributed by atoms with Crippen molar-refractivity contribution >= 4 is 57.3 Å². The number of ether oxygens (including phenoxy) is 5. The van der Waals surface area contributed by atoms with Crippen molar-refractivity contribution < 1.29 is 53.1 Å². The van der Waals surface area contributed by atoms with Crippen LogP contribution < -0.4 is 0 Å². The molecule has 3 aliphatic heterocycles. The van der Waals surface area contributed by atoms with Gasteiger partial charge in [0, 0.05) is 56.4 Å². The molecule has 3 fully saturated rings. The van der Waals surface area contributed by atoms with Crippen molar-refractivity contribution in [2.45, 2.75) is 133 Å². The highest BCUT2D eigenvalue weighted by molar-refractivity contribution is 14.1. The molecule has 12 atom stereocenters. The van der Waals surface area contributed by atoms with Gasteiger partial charge in [0.15, 0.2) is 21.8 Å². The number of rotatable bonds is 17. The standard InChI is InChI=1S/C41H60IN5O11/c1-21(25(5)48)16-40(7,54-11)35(56-37-34(51)30(45(9)10)15-22(2)55-37)23(3)33(50)24(4)36(52)57-38(42)41(8)26(6)47(39(53)58-41)27-18-46(19-27)20-28-31(49)17-44-29-13-12-14-43-32(28)29/h12-14,17,21-24,26-27,30,34-35,37-38,49,51H,15-16,18-20H2,1-11H3/t21-,22-,23+,24-,26-,30+,34-,35-,37+,38+,40-,41+/m1/s1. The number of aromatic hydroxyl groups is 1. The van der Waals surface area contributed by atoms with E-state index in [-0.39, 0.29) is 36.1 Å². The van der Waals surface area contributed by atoms with Gasteiger partial charge in [0.05, 0.1) is 47.1 Å². The molecule has 2 aromatic rings. The molecule has 3 aliphatic rings. The normalized spacial score (nSPS) is 29.2. The first-order valence-corrected chi connectivity index (χ1v) is 21.1. The van der Waals surface area contributed by atoms with Crippen LogP contribution in [0.2, 0.25) is 0 Å². The van der Waals surface area contributed by atoms with E-state index in [1.54, 1.807) is 44.9 Å². The van der Waals surface area contributed by atoms with Crippen molar-refractivity contribution in [2.75, 3.05) is 34.3 Å². The number of hydrogen-bond donors (Lipinski definition) is 2. The van der Waals surface area contributed by atoms with Gasteiger partial charge >= 0.3 is 12.1 Å². The average Bonchev–Trinajstić information content (AvgIpc) is 3.39. The highest BCUT2D eigenvalue weighted by Crippen LogP contribution is 2.41. The molecule has 0 radical (unpaired) electrons. The Kier molecular flexibility index (Phi) is 14.5. The minimum atomic E-state index is -1.27. The number of pyridine rings is 2. The fourth-order valence-electron chi connectivity index (χ4n) is 8.39. The molecule has 2 N–H and O–H groups in total. The summed E-state index contributed by atoms with van der Waals surface area (Å²) in [5.74, 6) is -4.02. The second-order valence-electron chi connectivity index (χ2n) is 17.0. The predicted molar refractivity (Wildman–Crippen MR) is 221 cm³/mol. The molecule has 2 aromatic heterocycles. The van der Waals surface area contributed by atoms with Gasteiger partial charge < -0.3 is 38.8 Å². The zero-order chi connectivity index (χ0) is 43.0. The number of Topliss-reactive ketones (excluding diaryl/α,β-unsaturated/α-hetero) is 2. The van der Waals surface area contributed by atoms with Crippen molar-refractivity contribution in [1.82, 2.24) is 24.7 Å². The predicted octanol–water partition coefficient (Wildman–Crippen LogP) is 4.10. The van der Waals surface area contributed by atoms with E-state index in [0.717, 1.165) is 0 Å². The number of nitrogens with zero attached hydrogens (tertiary/aromatic N) is 5. The molecule has 17 heteroatoms. The number of cyclic esters (lactones) is 1. The fourth-order valence-corrected chi connectivity index (χ4v) is 9.29. The van der Waals surface area contributed by atoms with Gasteiger partial charge in [-0.2, -0.15) is 0 Å². The highest BCUT2D eigenvalue weighted by atomic mass is 127. The molecule has 5 heterocycles. The number of fused-ring (bicyclic) bond motifs is 1. The SMILES string of the molecule is CO[C@](C)(C[C@@H](C)C(C)=O)[C@H](O[C@@H]1O[C@H](C)C[C@H](N(C)C)[C@H]1O)[C@@H](C)C(=O)[C@@H](C)C(=O)O[C@H](I)[C@@]1(C)OC(=O)N(C2CN(Cc3c(O)cnc4cccnc34)C2)[C@@H]1C. The van der Waals surface area contributed by atoms with Crippen LogP contribution in [0.4, 0.5) is 4.79 Å². The first-order valence-electron chi connectivity index (χ1n) is 19.9. The maximum absolute atomic E-state index is 14.3. The molecule has 1 amide bonds. The van der Waals surface area contributed by atoms with E-state index in [1.807, 2.05) is 61.5 Å². The maximum Gasteiger partial charge on any atom is 0.411 e.